The van der Waals surface area contributed by atoms with Crippen LogP contribution in [-0.4, -0.2) is 0 Å². The van der Waals surface area contributed by atoms with Crippen LogP contribution >= 0.6 is 11.3 Å². The number of benzene rings is 1. The predicted octanol–water partition coefficient (Wildman–Crippen LogP) is 6.19. The molecule has 0 atom stereocenters. The summed E-state index contributed by atoms with van der Waals surface area (Å²) in [5, 5.41) is 11.4. The summed E-state index contributed by atoms with van der Waals surface area (Å²) in [7, 11) is 0. The van der Waals surface area contributed by atoms with Crippen LogP contribution in [0.5, 0.6) is 0 Å². The molecule has 0 aliphatic carbocycles. The summed E-state index contributed by atoms with van der Waals surface area (Å²) in [6.07, 6.45) is 8.78. The molecule has 2 heteroatoms. The maximum atomic E-state index is 9.27. The van der Waals surface area contributed by atoms with E-state index < -0.39 is 0 Å². The lowest BCUT2D eigenvalue weighted by Crippen LogP contribution is -1.92. The van der Waals surface area contributed by atoms with E-state index in [-0.39, 0.29) is 0 Å². The molecule has 1 heterocycles. The fourth-order valence-electron chi connectivity index (χ4n) is 2.60. The van der Waals surface area contributed by atoms with Crippen LogP contribution in [0.1, 0.15) is 56.6 Å². The van der Waals surface area contributed by atoms with Gasteiger partial charge in [-0.15, -0.1) is 11.3 Å². The maximum Gasteiger partial charge on any atom is 0.0994 e. The number of hydrogen-bond donors (Lipinski definition) is 0. The number of aryl methyl sites for hydroxylation is 1. The molecule has 0 aliphatic rings. The van der Waals surface area contributed by atoms with Gasteiger partial charge in [0.2, 0.25) is 0 Å². The van der Waals surface area contributed by atoms with Crippen molar-refractivity contribution in [1.82, 2.24) is 0 Å². The molecule has 0 radical (unpaired) electrons. The summed E-state index contributed by atoms with van der Waals surface area (Å²) in [6.45, 7) is 2.25. The Kier molecular flexibility index (Phi) is 6.50. The Balaban J connectivity index is 1.97. The van der Waals surface area contributed by atoms with Gasteiger partial charge in [-0.1, -0.05) is 51.2 Å². The van der Waals surface area contributed by atoms with Gasteiger partial charge in [0, 0.05) is 4.88 Å². The molecule has 0 amide bonds. The first-order valence-corrected chi connectivity index (χ1v) is 8.80. The molecule has 1 aromatic heterocycles. The monoisotopic (exact) mass is 297 g/mol. The highest BCUT2D eigenvalue weighted by Crippen LogP contribution is 2.27. The fraction of sp³-hybridized carbons (Fsp3) is 0.421. The van der Waals surface area contributed by atoms with Crippen LogP contribution in [0.15, 0.2) is 35.7 Å². The summed E-state index contributed by atoms with van der Waals surface area (Å²) in [5.74, 6) is 0. The van der Waals surface area contributed by atoms with Gasteiger partial charge >= 0.3 is 0 Å². The highest BCUT2D eigenvalue weighted by Gasteiger charge is 2.06. The molecule has 0 bridgehead atoms. The van der Waals surface area contributed by atoms with Crippen LogP contribution in [0, 0.1) is 11.3 Å². The Hall–Kier alpha value is -1.59. The molecule has 21 heavy (non-hydrogen) atoms. The first kappa shape index (κ1) is 15.8. The van der Waals surface area contributed by atoms with Crippen molar-refractivity contribution < 1.29 is 0 Å². The normalized spacial score (nSPS) is 10.5. The molecule has 0 saturated heterocycles. The van der Waals surface area contributed by atoms with Gasteiger partial charge in [-0.3, -0.25) is 0 Å². The number of unbranched alkanes of at least 4 members (excludes halogenated alkanes) is 5. The maximum absolute atomic E-state index is 9.27. The van der Waals surface area contributed by atoms with Crippen molar-refractivity contribution in [2.75, 3.05) is 0 Å². The Morgan fingerprint density at radius 1 is 1.05 bits per heavy atom. The third-order valence-corrected chi connectivity index (χ3v) is 4.75. The van der Waals surface area contributed by atoms with Crippen LogP contribution in [0.4, 0.5) is 0 Å². The summed E-state index contributed by atoms with van der Waals surface area (Å²) in [6, 6.07) is 12.8. The van der Waals surface area contributed by atoms with Crippen LogP contribution in [0.25, 0.3) is 10.4 Å². The fourth-order valence-corrected chi connectivity index (χ4v) is 3.33. The zero-order valence-electron chi connectivity index (χ0n) is 12.8. The largest absolute Gasteiger partial charge is 0.192 e. The van der Waals surface area contributed by atoms with Gasteiger partial charge in [0.15, 0.2) is 0 Å². The van der Waals surface area contributed by atoms with E-state index in [4.69, 9.17) is 0 Å². The third kappa shape index (κ3) is 4.72. The molecular weight excluding hydrogens is 274 g/mol. The lowest BCUT2D eigenvalue weighted by atomic mass is 9.98. The average molecular weight is 297 g/mol. The summed E-state index contributed by atoms with van der Waals surface area (Å²) in [5.41, 5.74) is 3.28. The quantitative estimate of drug-likeness (QED) is 0.533. The van der Waals surface area contributed by atoms with E-state index in [9.17, 15) is 5.26 Å². The molecule has 1 nitrogen and oxygen atoms in total. The van der Waals surface area contributed by atoms with Crippen LogP contribution in [0.2, 0.25) is 0 Å². The first-order valence-electron chi connectivity index (χ1n) is 7.92. The lowest BCUT2D eigenvalue weighted by Gasteiger charge is -2.07. The van der Waals surface area contributed by atoms with Crippen molar-refractivity contribution in [2.24, 2.45) is 0 Å². The SMILES string of the molecule is CCCCCCCCc1cc(-c2cccs2)ccc1C#N. The van der Waals surface area contributed by atoms with Crippen molar-refractivity contribution in [3.8, 4) is 16.5 Å². The minimum absolute atomic E-state index is 0.837. The minimum atomic E-state index is 0.837. The molecular formula is C19H23NS. The molecule has 0 fully saturated rings. The number of rotatable bonds is 8. The second-order valence-electron chi connectivity index (χ2n) is 5.48. The van der Waals surface area contributed by atoms with Gasteiger partial charge in [0.1, 0.15) is 0 Å². The molecule has 0 unspecified atom stereocenters. The van der Waals surface area contributed by atoms with Crippen molar-refractivity contribution in [2.45, 2.75) is 51.9 Å². The van der Waals surface area contributed by atoms with E-state index in [1.807, 2.05) is 6.07 Å². The lowest BCUT2D eigenvalue weighted by molar-refractivity contribution is 0.607. The number of nitrogens with zero attached hydrogens (tertiary/aromatic N) is 1. The number of thiophene rings is 1. The highest BCUT2D eigenvalue weighted by molar-refractivity contribution is 7.13. The standard InChI is InChI=1S/C19H23NS/c1-2-3-4-5-6-7-9-16-14-17(11-12-18(16)15-20)19-10-8-13-21-19/h8,10-14H,2-7,9H2,1H3. The van der Waals surface area contributed by atoms with Gasteiger partial charge in [0.25, 0.3) is 0 Å². The van der Waals surface area contributed by atoms with E-state index in [0.717, 1.165) is 12.0 Å². The molecule has 0 N–H and O–H groups in total. The number of nitriles is 1. The van der Waals surface area contributed by atoms with E-state index in [2.05, 4.69) is 42.6 Å². The van der Waals surface area contributed by atoms with Gasteiger partial charge in [-0.05, 0) is 47.5 Å². The summed E-state index contributed by atoms with van der Waals surface area (Å²) < 4.78 is 0. The van der Waals surface area contributed by atoms with Gasteiger partial charge in [-0.25, -0.2) is 0 Å². The first-order chi connectivity index (χ1) is 10.3. The molecule has 0 saturated carbocycles. The third-order valence-electron chi connectivity index (χ3n) is 3.83. The Bertz CT molecular complexity index is 578. The van der Waals surface area contributed by atoms with Crippen molar-refractivity contribution >= 4 is 11.3 Å². The van der Waals surface area contributed by atoms with E-state index in [1.165, 1.54) is 54.5 Å². The second-order valence-corrected chi connectivity index (χ2v) is 6.43. The highest BCUT2D eigenvalue weighted by atomic mass is 32.1. The molecule has 2 aromatic rings. The van der Waals surface area contributed by atoms with Crippen LogP contribution in [-0.2, 0) is 6.42 Å². The second kappa shape index (κ2) is 8.64. The Morgan fingerprint density at radius 3 is 2.57 bits per heavy atom. The van der Waals surface area contributed by atoms with E-state index in [1.54, 1.807) is 11.3 Å². The summed E-state index contributed by atoms with van der Waals surface area (Å²) in [4.78, 5) is 1.28. The Morgan fingerprint density at radius 2 is 1.86 bits per heavy atom. The zero-order chi connectivity index (χ0) is 14.9. The molecule has 1 aromatic carbocycles. The molecule has 110 valence electrons. The van der Waals surface area contributed by atoms with Crippen LogP contribution < -0.4 is 0 Å². The number of hydrogen-bond acceptors (Lipinski definition) is 2. The topological polar surface area (TPSA) is 23.8 Å². The molecule has 0 aliphatic heterocycles. The van der Waals surface area contributed by atoms with Crippen molar-refractivity contribution in [1.29, 1.82) is 5.26 Å². The average Bonchev–Trinajstić information content (AvgIpc) is 3.05. The van der Waals surface area contributed by atoms with Crippen molar-refractivity contribution in [3.63, 3.8) is 0 Å². The predicted molar refractivity (Wildman–Crippen MR) is 91.6 cm³/mol. The van der Waals surface area contributed by atoms with E-state index >= 15 is 0 Å². The summed E-state index contributed by atoms with van der Waals surface area (Å²) >= 11 is 1.75. The van der Waals surface area contributed by atoms with Gasteiger partial charge in [-0.2, -0.15) is 5.26 Å². The molecule has 2 rings (SSSR count). The molecule has 0 spiro atoms. The smallest absolute Gasteiger partial charge is 0.0994 e. The van der Waals surface area contributed by atoms with E-state index in [0.29, 0.717) is 0 Å². The zero-order valence-corrected chi connectivity index (χ0v) is 13.6. The van der Waals surface area contributed by atoms with Gasteiger partial charge in [0.05, 0.1) is 11.6 Å². The van der Waals surface area contributed by atoms with Crippen molar-refractivity contribution in [3.05, 3.63) is 46.8 Å². The minimum Gasteiger partial charge on any atom is -0.192 e. The van der Waals surface area contributed by atoms with Gasteiger partial charge < -0.3 is 0 Å². The van der Waals surface area contributed by atoms with Crippen LogP contribution in [0.3, 0.4) is 0 Å². The Labute approximate surface area is 132 Å².